The van der Waals surface area contributed by atoms with Crippen LogP contribution in [0.4, 0.5) is 0 Å². The van der Waals surface area contributed by atoms with E-state index in [-0.39, 0.29) is 34.4 Å². The Morgan fingerprint density at radius 1 is 1.35 bits per heavy atom. The maximum Gasteiger partial charge on any atom is 0.339 e. The van der Waals surface area contributed by atoms with Crippen molar-refractivity contribution in [2.75, 3.05) is 13.7 Å². The lowest BCUT2D eigenvalue weighted by Gasteiger charge is -2.31. The predicted molar refractivity (Wildman–Crippen MR) is 92.7 cm³/mol. The number of rotatable bonds is 7. The SMILES string of the molecule is CCC(CC)(CN)NS(=O)(=O)c1cc(Cl)ccc1C(=O)OC.Cl. The third-order valence-corrected chi connectivity index (χ3v) is 5.59. The summed E-state index contributed by atoms with van der Waals surface area (Å²) in [6.07, 6.45) is 1.04. The highest BCUT2D eigenvalue weighted by Crippen LogP contribution is 2.24. The summed E-state index contributed by atoms with van der Waals surface area (Å²) in [5, 5.41) is 0.208. The highest BCUT2D eigenvalue weighted by atomic mass is 35.5. The van der Waals surface area contributed by atoms with Gasteiger partial charge in [0.15, 0.2) is 0 Å². The molecule has 0 aromatic heterocycles. The number of benzene rings is 1. The summed E-state index contributed by atoms with van der Waals surface area (Å²) in [6, 6.07) is 3.98. The molecular formula is C14H22Cl2N2O4S. The highest BCUT2D eigenvalue weighted by Gasteiger charge is 2.33. The largest absolute Gasteiger partial charge is 0.465 e. The van der Waals surface area contributed by atoms with Crippen LogP contribution in [0.3, 0.4) is 0 Å². The quantitative estimate of drug-likeness (QED) is 0.702. The molecule has 0 spiro atoms. The van der Waals surface area contributed by atoms with Gasteiger partial charge < -0.3 is 10.5 Å². The number of hydrogen-bond acceptors (Lipinski definition) is 5. The molecule has 0 saturated carbocycles. The van der Waals surface area contributed by atoms with E-state index in [1.807, 2.05) is 13.8 Å². The fourth-order valence-electron chi connectivity index (χ4n) is 2.06. The fourth-order valence-corrected chi connectivity index (χ4v) is 4.07. The Hall–Kier alpha value is -0.860. The number of sulfonamides is 1. The summed E-state index contributed by atoms with van der Waals surface area (Å²) in [5.74, 6) is -0.747. The van der Waals surface area contributed by atoms with Crippen LogP contribution in [0.5, 0.6) is 0 Å². The summed E-state index contributed by atoms with van der Waals surface area (Å²) >= 11 is 5.87. The van der Waals surface area contributed by atoms with Crippen molar-refractivity contribution in [2.45, 2.75) is 37.1 Å². The van der Waals surface area contributed by atoms with Crippen molar-refractivity contribution in [2.24, 2.45) is 5.73 Å². The van der Waals surface area contributed by atoms with Crippen LogP contribution in [0.15, 0.2) is 23.1 Å². The molecular weight excluding hydrogens is 363 g/mol. The van der Waals surface area contributed by atoms with Gasteiger partial charge in [0.2, 0.25) is 10.0 Å². The molecule has 0 saturated heterocycles. The van der Waals surface area contributed by atoms with Gasteiger partial charge >= 0.3 is 5.97 Å². The molecule has 1 aromatic carbocycles. The molecule has 3 N–H and O–H groups in total. The highest BCUT2D eigenvalue weighted by molar-refractivity contribution is 7.89. The summed E-state index contributed by atoms with van der Waals surface area (Å²) in [4.78, 5) is 11.6. The fraction of sp³-hybridized carbons (Fsp3) is 0.500. The van der Waals surface area contributed by atoms with Gasteiger partial charge in [-0.15, -0.1) is 12.4 Å². The second-order valence-corrected chi connectivity index (χ2v) is 7.02. The van der Waals surface area contributed by atoms with Gasteiger partial charge in [0, 0.05) is 17.1 Å². The number of ether oxygens (including phenoxy) is 1. The summed E-state index contributed by atoms with van der Waals surface area (Å²) in [5.41, 5.74) is 4.88. The van der Waals surface area contributed by atoms with E-state index < -0.39 is 21.5 Å². The molecule has 0 unspecified atom stereocenters. The molecule has 1 rings (SSSR count). The molecule has 0 aliphatic carbocycles. The number of nitrogens with one attached hydrogen (secondary N) is 1. The minimum absolute atomic E-state index is 0. The Balaban J connectivity index is 0.00000484. The smallest absolute Gasteiger partial charge is 0.339 e. The first-order chi connectivity index (χ1) is 10.2. The van der Waals surface area contributed by atoms with Crippen LogP contribution in [0.25, 0.3) is 0 Å². The van der Waals surface area contributed by atoms with Crippen LogP contribution < -0.4 is 10.5 Å². The zero-order valence-corrected chi connectivity index (χ0v) is 15.6. The second kappa shape index (κ2) is 8.84. The lowest BCUT2D eigenvalue weighted by Crippen LogP contribution is -2.52. The summed E-state index contributed by atoms with van der Waals surface area (Å²) < 4.78 is 32.6. The predicted octanol–water partition coefficient (Wildman–Crippen LogP) is 2.34. The van der Waals surface area contributed by atoms with E-state index in [4.69, 9.17) is 17.3 Å². The third-order valence-electron chi connectivity index (χ3n) is 3.73. The van der Waals surface area contributed by atoms with E-state index >= 15 is 0 Å². The topological polar surface area (TPSA) is 98.5 Å². The first-order valence-corrected chi connectivity index (χ1v) is 8.73. The molecule has 0 fully saturated rings. The van der Waals surface area contributed by atoms with Crippen LogP contribution in [0.1, 0.15) is 37.0 Å². The van der Waals surface area contributed by atoms with E-state index in [1.54, 1.807) is 0 Å². The number of carbonyl (C=O) groups excluding carboxylic acids is 1. The van der Waals surface area contributed by atoms with Crippen molar-refractivity contribution in [1.29, 1.82) is 0 Å². The number of halogens is 2. The van der Waals surface area contributed by atoms with Crippen molar-refractivity contribution in [3.8, 4) is 0 Å². The van der Waals surface area contributed by atoms with E-state index in [0.29, 0.717) is 12.8 Å². The van der Waals surface area contributed by atoms with Crippen LogP contribution in [0, 0.1) is 0 Å². The molecule has 9 heteroatoms. The number of nitrogens with two attached hydrogens (primary N) is 1. The van der Waals surface area contributed by atoms with Crippen molar-refractivity contribution in [1.82, 2.24) is 4.72 Å². The first kappa shape index (κ1) is 22.1. The van der Waals surface area contributed by atoms with Crippen LogP contribution in [-0.4, -0.2) is 33.6 Å². The standard InChI is InChI=1S/C14H21ClN2O4S.ClH/c1-4-14(5-2,9-16)17-22(19,20)12-8-10(15)6-7-11(12)13(18)21-3;/h6-8,17H,4-5,9,16H2,1-3H3;1H. The Kier molecular flexibility index (Phi) is 8.51. The van der Waals surface area contributed by atoms with Crippen molar-refractivity contribution in [3.05, 3.63) is 28.8 Å². The summed E-state index contributed by atoms with van der Waals surface area (Å²) in [6.45, 7) is 3.84. The maximum absolute atomic E-state index is 12.7. The summed E-state index contributed by atoms with van der Waals surface area (Å²) in [7, 11) is -2.79. The van der Waals surface area contributed by atoms with Gasteiger partial charge in [-0.05, 0) is 31.0 Å². The van der Waals surface area contributed by atoms with Gasteiger partial charge in [0.05, 0.1) is 17.6 Å². The normalized spacial score (nSPS) is 11.7. The number of methoxy groups -OCH3 is 1. The molecule has 0 heterocycles. The minimum Gasteiger partial charge on any atom is -0.465 e. The molecule has 0 radical (unpaired) electrons. The number of esters is 1. The molecule has 0 bridgehead atoms. The average molecular weight is 385 g/mol. The molecule has 23 heavy (non-hydrogen) atoms. The van der Waals surface area contributed by atoms with Gasteiger partial charge in [-0.2, -0.15) is 0 Å². The molecule has 0 amide bonds. The first-order valence-electron chi connectivity index (χ1n) is 6.87. The Bertz CT molecular complexity index is 638. The van der Waals surface area contributed by atoms with Gasteiger partial charge in [0.25, 0.3) is 0 Å². The zero-order chi connectivity index (χ0) is 17.0. The molecule has 0 aliphatic rings. The number of hydrogen-bond donors (Lipinski definition) is 2. The van der Waals surface area contributed by atoms with Crippen molar-refractivity contribution in [3.63, 3.8) is 0 Å². The second-order valence-electron chi connectivity index (χ2n) is 4.93. The average Bonchev–Trinajstić information content (AvgIpc) is 2.52. The van der Waals surface area contributed by atoms with E-state index in [1.165, 1.54) is 25.3 Å². The minimum atomic E-state index is -3.98. The molecule has 0 atom stereocenters. The monoisotopic (exact) mass is 384 g/mol. The molecule has 132 valence electrons. The molecule has 1 aromatic rings. The Morgan fingerprint density at radius 3 is 2.35 bits per heavy atom. The van der Waals surface area contributed by atoms with Crippen LogP contribution in [-0.2, 0) is 14.8 Å². The maximum atomic E-state index is 12.7. The van der Waals surface area contributed by atoms with E-state index in [2.05, 4.69) is 9.46 Å². The van der Waals surface area contributed by atoms with Gasteiger partial charge in [-0.25, -0.2) is 17.9 Å². The van der Waals surface area contributed by atoms with Gasteiger partial charge in [0.1, 0.15) is 0 Å². The van der Waals surface area contributed by atoms with E-state index in [0.717, 1.165) is 0 Å². The van der Waals surface area contributed by atoms with Crippen LogP contribution in [0.2, 0.25) is 5.02 Å². The van der Waals surface area contributed by atoms with Crippen molar-refractivity contribution >= 4 is 40.0 Å². The van der Waals surface area contributed by atoms with E-state index in [9.17, 15) is 13.2 Å². The lowest BCUT2D eigenvalue weighted by molar-refractivity contribution is 0.0596. The lowest BCUT2D eigenvalue weighted by atomic mass is 9.95. The van der Waals surface area contributed by atoms with Crippen molar-refractivity contribution < 1.29 is 17.9 Å². The molecule has 0 aliphatic heterocycles. The Morgan fingerprint density at radius 2 is 1.91 bits per heavy atom. The van der Waals surface area contributed by atoms with Gasteiger partial charge in [-0.1, -0.05) is 25.4 Å². The zero-order valence-electron chi connectivity index (χ0n) is 13.3. The Labute approximate surface area is 148 Å². The molecule has 6 nitrogen and oxygen atoms in total. The van der Waals surface area contributed by atoms with Gasteiger partial charge in [-0.3, -0.25) is 0 Å². The number of carbonyl (C=O) groups is 1. The van der Waals surface area contributed by atoms with Crippen LogP contribution >= 0.6 is 24.0 Å². The third kappa shape index (κ3) is 5.06.